The third-order valence-electron chi connectivity index (χ3n) is 17.0. The van der Waals surface area contributed by atoms with Gasteiger partial charge in [-0.25, -0.2) is 19.2 Å². The number of para-hydroxylation sites is 4. The molecule has 0 aromatic heterocycles. The Hall–Kier alpha value is -6.95. The van der Waals surface area contributed by atoms with Gasteiger partial charge >= 0.3 is 65.0 Å². The molecule has 0 heterocycles. The van der Waals surface area contributed by atoms with Gasteiger partial charge in [-0.2, -0.15) is 0 Å². The van der Waals surface area contributed by atoms with E-state index in [-0.39, 0.29) is 119 Å². The Morgan fingerprint density at radius 1 is 0.259 bits per heavy atom. The Labute approximate surface area is 682 Å². The molecule has 42 heteroatoms. The van der Waals surface area contributed by atoms with Crippen molar-refractivity contribution in [3.63, 3.8) is 0 Å². The number of nitrogens with one attached hydrogen (secondary N) is 8. The average Bonchev–Trinajstić information content (AvgIpc) is 0.748. The first kappa shape index (κ1) is 109. The van der Waals surface area contributed by atoms with Crippen molar-refractivity contribution in [1.29, 1.82) is 0 Å². The predicted molar refractivity (Wildman–Crippen MR) is 434 cm³/mol. The van der Waals surface area contributed by atoms with Gasteiger partial charge in [0.15, 0.2) is 0 Å². The van der Waals surface area contributed by atoms with E-state index in [4.69, 9.17) is 0 Å². The van der Waals surface area contributed by atoms with Crippen molar-refractivity contribution >= 4 is 121 Å². The SMILES string of the molecule is CCCC[N+](CCCC)(CCCC)CCCC.CCCC[N+](CCCC)(CCCC)CCCC.CS(C)=O.O=C(Nc1ccc(S(F)(F)(F)(F)F)cc1)Nc1ccccc1NC(=O)Nc1ccc(S(F)(F)(F)(F)F)cc1.O=C(Nc1ccc(S(F)(F)(F)(F)F)cc1)Nc1ccccc1NC(=O)Nc1ccc(S(F)(F)(F)(F)F)cc1.[Cl-].[Cl-]. The molecule has 0 bridgehead atoms. The molecule has 8 N–H and O–H groups in total. The number of anilines is 8. The predicted octanol–water partition coefficient (Wildman–Crippen LogP) is 24.6. The second kappa shape index (κ2) is 41.8. The summed E-state index contributed by atoms with van der Waals surface area (Å²) in [6.45, 7) is 30.0. The van der Waals surface area contributed by atoms with E-state index in [2.05, 4.69) is 97.9 Å². The van der Waals surface area contributed by atoms with Gasteiger partial charge in [0.2, 0.25) is 0 Å². The van der Waals surface area contributed by atoms with E-state index < -0.39 is 95.4 Å². The molecular weight excluding hydrogens is 1720 g/mol. The topological polar surface area (TPSA) is 182 Å². The van der Waals surface area contributed by atoms with E-state index in [0.717, 1.165) is 0 Å². The maximum Gasteiger partial charge on any atom is 0.323 e. The van der Waals surface area contributed by atoms with Crippen LogP contribution in [-0.4, -0.2) is 102 Å². The number of unbranched alkanes of at least 4 members (excludes halogenated alkanes) is 8. The second-order valence-electron chi connectivity index (χ2n) is 27.4. The Balaban J connectivity index is 0.00000158. The zero-order chi connectivity index (χ0) is 87.0. The summed E-state index contributed by atoms with van der Waals surface area (Å²) in [7, 11) is -40.2. The van der Waals surface area contributed by atoms with Crippen molar-refractivity contribution < 1.29 is 135 Å². The minimum atomic E-state index is -9.89. The van der Waals surface area contributed by atoms with Crippen molar-refractivity contribution in [3.05, 3.63) is 146 Å². The van der Waals surface area contributed by atoms with Gasteiger partial charge in [-0.3, -0.25) is 4.21 Å². The van der Waals surface area contributed by atoms with Crippen LogP contribution >= 0.6 is 40.9 Å². The lowest BCUT2D eigenvalue weighted by atomic mass is 10.1. The number of rotatable bonds is 36. The van der Waals surface area contributed by atoms with Crippen LogP contribution < -0.4 is 67.3 Å². The van der Waals surface area contributed by atoms with Crippen LogP contribution in [-0.2, 0) is 10.8 Å². The zero-order valence-corrected chi connectivity index (χ0v) is 71.7. The fourth-order valence-electron chi connectivity index (χ4n) is 11.0. The molecule has 0 aliphatic carbocycles. The quantitative estimate of drug-likeness (QED) is 0.0144. The van der Waals surface area contributed by atoms with E-state index in [0.29, 0.717) is 48.5 Å². The van der Waals surface area contributed by atoms with Gasteiger partial charge < -0.3 is 76.3 Å². The molecule has 0 saturated carbocycles. The molecule has 116 heavy (non-hydrogen) atoms. The molecule has 670 valence electrons. The van der Waals surface area contributed by atoms with Gasteiger partial charge in [-0.05, 0) is 173 Å². The summed E-state index contributed by atoms with van der Waals surface area (Å²) >= 11 is 0. The normalized spacial score (nSPS) is 14.1. The van der Waals surface area contributed by atoms with E-state index >= 15 is 0 Å². The van der Waals surface area contributed by atoms with Crippen molar-refractivity contribution in [1.82, 2.24) is 0 Å². The largest absolute Gasteiger partial charge is 1.00 e. The van der Waals surface area contributed by atoms with Crippen molar-refractivity contribution in [2.45, 2.75) is 178 Å². The Bertz CT molecular complexity index is 3520. The van der Waals surface area contributed by atoms with Gasteiger partial charge in [0, 0.05) is 46.1 Å². The maximum atomic E-state index is 12.8. The van der Waals surface area contributed by atoms with E-state index in [1.807, 2.05) is 0 Å². The summed E-state index contributed by atoms with van der Waals surface area (Å²) in [6, 6.07) is 12.3. The highest BCUT2D eigenvalue weighted by Gasteiger charge is 2.68. The van der Waals surface area contributed by atoms with Crippen molar-refractivity contribution in [2.75, 3.05) is 107 Å². The summed E-state index contributed by atoms with van der Waals surface area (Å²) in [4.78, 5) is 40.3. The number of benzene rings is 6. The van der Waals surface area contributed by atoms with Crippen molar-refractivity contribution in [3.8, 4) is 0 Å². The summed E-state index contributed by atoms with van der Waals surface area (Å²) in [5.74, 6) is 0. The number of quaternary nitrogens is 2. The lowest BCUT2D eigenvalue weighted by Gasteiger charge is -2.40. The molecule has 0 atom stereocenters. The third kappa shape index (κ3) is 43.1. The van der Waals surface area contributed by atoms with Crippen LogP contribution in [0, 0.1) is 0 Å². The van der Waals surface area contributed by atoms with E-state index in [1.54, 1.807) is 12.5 Å². The molecule has 0 saturated heterocycles. The summed E-state index contributed by atoms with van der Waals surface area (Å²) < 4.78 is 268. The standard InChI is InChI=1S/2C20H16F10N4O2S2.2C16H36N.C2H6OS.2ClH/c2*21-37(22,23,24,25)15-9-5-13(6-10-15)31-19(35)33-17-3-1-2-4-18(17)34-20(36)32-14-7-11-16(12-8-14)38(26,27,28,29)30;2*1-5-9-13-17(14-10-6-2,15-11-7-3)16-12-8-4;1-4(2)3;;/h2*1-12H,(H2,31,33,35)(H2,32,34,36);2*5-16H2,1-4H3;1-2H3;2*1H/q;;2*+1;;;/p-2. The Kier molecular flexibility index (Phi) is 39.3. The van der Waals surface area contributed by atoms with Crippen LogP contribution in [0.25, 0.3) is 0 Å². The Morgan fingerprint density at radius 2 is 0.388 bits per heavy atom. The molecule has 15 nitrogen and oxygen atoms in total. The number of amides is 8. The number of nitrogens with zero attached hydrogens (tertiary/aromatic N) is 2. The fraction of sp³-hybridized carbons (Fsp3) is 0.459. The molecular formula is C74H110Cl2F20N10O5S5. The highest BCUT2D eigenvalue weighted by Crippen LogP contribution is 3.04. The van der Waals surface area contributed by atoms with Crippen LogP contribution in [0.3, 0.4) is 0 Å². The molecule has 6 aromatic carbocycles. The van der Waals surface area contributed by atoms with Crippen LogP contribution in [0.5, 0.6) is 0 Å². The second-order valence-corrected chi connectivity index (χ2v) is 38.5. The van der Waals surface area contributed by atoms with Gasteiger partial charge in [0.1, 0.15) is 19.6 Å². The molecule has 0 aliphatic rings. The molecule has 0 radical (unpaired) electrons. The number of halogens is 22. The summed E-state index contributed by atoms with van der Waals surface area (Å²) in [6.07, 6.45) is 25.4. The zero-order valence-electron chi connectivity index (χ0n) is 66.1. The first-order valence-electron chi connectivity index (χ1n) is 36.8. The molecule has 0 spiro atoms. The third-order valence-corrected chi connectivity index (χ3v) is 21.6. The highest BCUT2D eigenvalue weighted by atomic mass is 35.5. The average molecular weight is 1830 g/mol. The lowest BCUT2D eigenvalue weighted by Crippen LogP contribution is -3.00. The maximum absolute atomic E-state index is 12.8. The fourth-order valence-corrected chi connectivity index (χ4v) is 13.6. The monoisotopic (exact) mass is 1830 g/mol. The molecule has 6 aromatic rings. The first-order valence-corrected chi connectivity index (χ1v) is 46.6. The number of carbonyl (C=O) groups excluding carboxylic acids is 4. The van der Waals surface area contributed by atoms with Crippen LogP contribution in [0.2, 0.25) is 0 Å². The van der Waals surface area contributed by atoms with Crippen LogP contribution in [0.4, 0.5) is 142 Å². The minimum absolute atomic E-state index is 0. The molecule has 0 unspecified atom stereocenters. The molecule has 6 rings (SSSR count). The first-order chi connectivity index (χ1) is 52.0. The van der Waals surface area contributed by atoms with Gasteiger partial charge in [0.25, 0.3) is 0 Å². The van der Waals surface area contributed by atoms with Gasteiger partial charge in [-0.1, -0.05) is 209 Å². The number of carbonyl (C=O) groups is 4. The van der Waals surface area contributed by atoms with E-state index in [9.17, 15) is 101 Å². The lowest BCUT2D eigenvalue weighted by molar-refractivity contribution is -0.929. The molecule has 8 amide bonds. The molecule has 0 fully saturated rings. The Morgan fingerprint density at radius 3 is 0.500 bits per heavy atom. The smallest absolute Gasteiger partial charge is 0.323 e. The highest BCUT2D eigenvalue weighted by molar-refractivity contribution is 8.46. The van der Waals surface area contributed by atoms with Crippen molar-refractivity contribution in [2.24, 2.45) is 0 Å². The summed E-state index contributed by atoms with van der Waals surface area (Å²) in [5, 5.41) is 17.5. The van der Waals surface area contributed by atoms with Gasteiger partial charge in [0.05, 0.1) is 75.1 Å². The number of hydrogen-bond donors (Lipinski definition) is 8. The van der Waals surface area contributed by atoms with Gasteiger partial charge in [-0.15, -0.1) is 0 Å². The number of urea groups is 4. The summed E-state index contributed by atoms with van der Waals surface area (Å²) in [5.41, 5.74) is -1.31. The number of hydrogen-bond acceptors (Lipinski definition) is 5. The molecule has 0 aliphatic heterocycles. The van der Waals surface area contributed by atoms with Crippen LogP contribution in [0.1, 0.15) is 158 Å². The van der Waals surface area contributed by atoms with Crippen LogP contribution in [0.15, 0.2) is 165 Å². The van der Waals surface area contributed by atoms with E-state index in [1.165, 1.54) is 213 Å². The minimum Gasteiger partial charge on any atom is -1.00 e.